The van der Waals surface area contributed by atoms with Gasteiger partial charge >= 0.3 is 5.97 Å². The van der Waals surface area contributed by atoms with Crippen LogP contribution < -0.4 is 10.5 Å². The number of rotatable bonds is 2. The molecule has 0 fully saturated rings. The molecule has 4 heteroatoms. The summed E-state index contributed by atoms with van der Waals surface area (Å²) in [5.41, 5.74) is 6.78. The number of aromatic hydroxyl groups is 1. The van der Waals surface area contributed by atoms with Gasteiger partial charge in [0.05, 0.1) is 0 Å². The highest BCUT2D eigenvalue weighted by Gasteiger charge is 2.23. The molecule has 3 N–H and O–H groups in total. The molecule has 0 amide bonds. The van der Waals surface area contributed by atoms with Gasteiger partial charge in [0.25, 0.3) is 0 Å². The minimum atomic E-state index is -0.465. The van der Waals surface area contributed by atoms with Gasteiger partial charge in [0, 0.05) is 13.0 Å². The summed E-state index contributed by atoms with van der Waals surface area (Å²) in [6.07, 6.45) is 0. The van der Waals surface area contributed by atoms with Gasteiger partial charge in [0.15, 0.2) is 11.5 Å². The fraction of sp³-hybridized carbons (Fsp3) is 0.462. The van der Waals surface area contributed by atoms with Crippen molar-refractivity contribution in [2.75, 3.05) is 0 Å². The van der Waals surface area contributed by atoms with Gasteiger partial charge in [-0.05, 0) is 23.1 Å². The van der Waals surface area contributed by atoms with Gasteiger partial charge in [-0.3, -0.25) is 4.79 Å². The lowest BCUT2D eigenvalue weighted by Crippen LogP contribution is -2.26. The van der Waals surface area contributed by atoms with Crippen LogP contribution in [-0.2, 0) is 4.79 Å². The number of ether oxygens (including phenoxy) is 1. The predicted molar refractivity (Wildman–Crippen MR) is 65.8 cm³/mol. The molecule has 0 aliphatic rings. The Morgan fingerprint density at radius 2 is 2.00 bits per heavy atom. The molecular weight excluding hydrogens is 218 g/mol. The molecule has 1 aromatic rings. The number of phenolic OH excluding ortho intramolecular Hbond substituents is 1. The molecule has 4 nitrogen and oxygen atoms in total. The summed E-state index contributed by atoms with van der Waals surface area (Å²) >= 11 is 0. The smallest absolute Gasteiger partial charge is 0.308 e. The van der Waals surface area contributed by atoms with Gasteiger partial charge in [-0.1, -0.05) is 26.8 Å². The third-order valence-electron chi connectivity index (χ3n) is 2.53. The van der Waals surface area contributed by atoms with Crippen LogP contribution in [0.4, 0.5) is 0 Å². The van der Waals surface area contributed by atoms with Crippen LogP contribution in [0.2, 0.25) is 0 Å². The molecule has 0 aliphatic heterocycles. The summed E-state index contributed by atoms with van der Waals surface area (Å²) in [4.78, 5) is 10.8. The fourth-order valence-electron chi connectivity index (χ4n) is 1.47. The zero-order valence-corrected chi connectivity index (χ0v) is 10.7. The molecule has 0 heterocycles. The Morgan fingerprint density at radius 3 is 2.41 bits per heavy atom. The van der Waals surface area contributed by atoms with Crippen molar-refractivity contribution >= 4 is 5.97 Å². The number of benzene rings is 1. The van der Waals surface area contributed by atoms with Crippen molar-refractivity contribution in [2.45, 2.75) is 33.7 Å². The van der Waals surface area contributed by atoms with E-state index in [0.717, 1.165) is 5.56 Å². The van der Waals surface area contributed by atoms with Gasteiger partial charge in [0.2, 0.25) is 0 Å². The molecule has 0 saturated heterocycles. The zero-order chi connectivity index (χ0) is 13.2. The van der Waals surface area contributed by atoms with Crippen LogP contribution in [0.3, 0.4) is 0 Å². The Labute approximate surface area is 101 Å². The van der Waals surface area contributed by atoms with Crippen molar-refractivity contribution in [1.29, 1.82) is 0 Å². The van der Waals surface area contributed by atoms with Crippen molar-refractivity contribution in [3.05, 3.63) is 23.8 Å². The first kappa shape index (κ1) is 13.5. The van der Waals surface area contributed by atoms with Crippen LogP contribution in [0.5, 0.6) is 11.5 Å². The van der Waals surface area contributed by atoms with Crippen molar-refractivity contribution in [1.82, 2.24) is 0 Å². The van der Waals surface area contributed by atoms with Crippen LogP contribution in [-0.4, -0.2) is 11.1 Å². The molecular formula is C13H19NO3. The summed E-state index contributed by atoms with van der Waals surface area (Å²) in [5, 5.41) is 9.72. The Balaban J connectivity index is 3.00. The summed E-state index contributed by atoms with van der Waals surface area (Å²) in [7, 11) is 0. The maximum atomic E-state index is 10.8. The second-order valence-corrected chi connectivity index (χ2v) is 5.16. The Hall–Kier alpha value is -1.55. The Kier molecular flexibility index (Phi) is 3.78. The number of hydrogen-bond donors (Lipinski definition) is 2. The van der Waals surface area contributed by atoms with Crippen LogP contribution in [0, 0.1) is 5.41 Å². The van der Waals surface area contributed by atoms with E-state index in [4.69, 9.17) is 10.5 Å². The summed E-state index contributed by atoms with van der Waals surface area (Å²) in [6.45, 7) is 7.35. The lowest BCUT2D eigenvalue weighted by atomic mass is 9.83. The second kappa shape index (κ2) is 4.75. The van der Waals surface area contributed by atoms with E-state index in [2.05, 4.69) is 0 Å². The molecule has 0 aliphatic carbocycles. The lowest BCUT2D eigenvalue weighted by molar-refractivity contribution is -0.132. The van der Waals surface area contributed by atoms with Crippen LogP contribution in [0.15, 0.2) is 18.2 Å². The highest BCUT2D eigenvalue weighted by atomic mass is 16.5. The number of carbonyl (C=O) groups excluding carboxylic acids is 1. The monoisotopic (exact) mass is 237 g/mol. The molecule has 0 bridgehead atoms. The maximum Gasteiger partial charge on any atom is 0.308 e. The van der Waals surface area contributed by atoms with Gasteiger partial charge in [-0.2, -0.15) is 0 Å². The molecule has 17 heavy (non-hydrogen) atoms. The van der Waals surface area contributed by atoms with Gasteiger partial charge < -0.3 is 15.6 Å². The number of nitrogens with two attached hydrogens (primary N) is 1. The van der Waals surface area contributed by atoms with Gasteiger partial charge in [0.1, 0.15) is 0 Å². The molecule has 0 aromatic heterocycles. The number of phenols is 1. The van der Waals surface area contributed by atoms with E-state index in [1.165, 1.54) is 13.0 Å². The van der Waals surface area contributed by atoms with Crippen molar-refractivity contribution in [3.63, 3.8) is 0 Å². The molecule has 0 spiro atoms. The highest BCUT2D eigenvalue weighted by Crippen LogP contribution is 2.35. The number of esters is 1. The zero-order valence-electron chi connectivity index (χ0n) is 10.7. The maximum absolute atomic E-state index is 10.8. The first-order chi connectivity index (χ1) is 7.71. The Morgan fingerprint density at radius 1 is 1.41 bits per heavy atom. The molecule has 1 atom stereocenters. The van der Waals surface area contributed by atoms with E-state index in [0.29, 0.717) is 0 Å². The molecule has 0 radical (unpaired) electrons. The third kappa shape index (κ3) is 3.46. The van der Waals surface area contributed by atoms with Crippen molar-refractivity contribution in [3.8, 4) is 11.5 Å². The third-order valence-corrected chi connectivity index (χ3v) is 2.53. The quantitative estimate of drug-likeness (QED) is 0.611. The summed E-state index contributed by atoms with van der Waals surface area (Å²) in [5.74, 6) is -0.382. The van der Waals surface area contributed by atoms with Crippen molar-refractivity contribution < 1.29 is 14.6 Å². The first-order valence-corrected chi connectivity index (χ1v) is 5.48. The first-order valence-electron chi connectivity index (χ1n) is 5.48. The van der Waals surface area contributed by atoms with Gasteiger partial charge in [-0.25, -0.2) is 0 Å². The second-order valence-electron chi connectivity index (χ2n) is 5.16. The summed E-state index contributed by atoms with van der Waals surface area (Å²) < 4.78 is 4.84. The van der Waals surface area contributed by atoms with E-state index in [1.807, 2.05) is 20.8 Å². The average molecular weight is 237 g/mol. The molecule has 0 unspecified atom stereocenters. The van der Waals surface area contributed by atoms with E-state index < -0.39 is 5.97 Å². The average Bonchev–Trinajstić information content (AvgIpc) is 2.18. The summed E-state index contributed by atoms with van der Waals surface area (Å²) in [6, 6.07) is 4.65. The molecule has 1 aromatic carbocycles. The van der Waals surface area contributed by atoms with Crippen LogP contribution >= 0.6 is 0 Å². The Bertz CT molecular complexity index is 421. The minimum absolute atomic E-state index is 0.0719. The number of hydrogen-bond acceptors (Lipinski definition) is 4. The standard InChI is InChI=1S/C13H19NO3/c1-8(15)17-11-6-5-9(7-10(11)16)12(14)13(2,3)4/h5-7,12,16H,14H2,1-4H3/t12-/m1/s1. The van der Waals surface area contributed by atoms with Crippen molar-refractivity contribution in [2.24, 2.45) is 11.1 Å². The number of carbonyl (C=O) groups is 1. The van der Waals surface area contributed by atoms with Crippen LogP contribution in [0.25, 0.3) is 0 Å². The lowest BCUT2D eigenvalue weighted by Gasteiger charge is -2.27. The van der Waals surface area contributed by atoms with E-state index >= 15 is 0 Å². The fourth-order valence-corrected chi connectivity index (χ4v) is 1.47. The predicted octanol–water partition coefficient (Wildman–Crippen LogP) is 2.36. The highest BCUT2D eigenvalue weighted by molar-refractivity contribution is 5.70. The topological polar surface area (TPSA) is 72.5 Å². The van der Waals surface area contributed by atoms with E-state index in [-0.39, 0.29) is 23.0 Å². The van der Waals surface area contributed by atoms with Gasteiger partial charge in [-0.15, -0.1) is 0 Å². The van der Waals surface area contributed by atoms with Crippen LogP contribution in [0.1, 0.15) is 39.3 Å². The largest absolute Gasteiger partial charge is 0.504 e. The molecule has 94 valence electrons. The normalized spacial score (nSPS) is 13.2. The van der Waals surface area contributed by atoms with E-state index in [1.54, 1.807) is 12.1 Å². The molecule has 1 rings (SSSR count). The SMILES string of the molecule is CC(=O)Oc1ccc([C@@H](N)C(C)(C)C)cc1O. The van der Waals surface area contributed by atoms with E-state index in [9.17, 15) is 9.90 Å². The molecule has 0 saturated carbocycles. The minimum Gasteiger partial charge on any atom is -0.504 e.